The van der Waals surface area contributed by atoms with Gasteiger partial charge >= 0.3 is 0 Å². The van der Waals surface area contributed by atoms with Gasteiger partial charge in [0.1, 0.15) is 6.10 Å². The maximum Gasteiger partial charge on any atom is 0.102 e. The number of hydrogen-bond acceptors (Lipinski definition) is 3. The van der Waals surface area contributed by atoms with Crippen LogP contribution in [-0.4, -0.2) is 19.9 Å². The molecule has 0 aliphatic carbocycles. The van der Waals surface area contributed by atoms with Gasteiger partial charge in [0.05, 0.1) is 16.9 Å². The van der Waals surface area contributed by atoms with Crippen LogP contribution in [0, 0.1) is 0 Å². The number of aliphatic hydroxyl groups excluding tert-OH is 1. The summed E-state index contributed by atoms with van der Waals surface area (Å²) in [6, 6.07) is 12.0. The Kier molecular flexibility index (Phi) is 3.71. The lowest BCUT2D eigenvalue weighted by molar-refractivity contribution is 0.171. The van der Waals surface area contributed by atoms with Crippen molar-refractivity contribution >= 4 is 10.9 Å². The first-order valence-corrected chi connectivity index (χ1v) is 7.23. The van der Waals surface area contributed by atoms with E-state index >= 15 is 0 Å². The van der Waals surface area contributed by atoms with Crippen molar-refractivity contribution < 1.29 is 5.11 Å². The van der Waals surface area contributed by atoms with Crippen LogP contribution in [-0.2, 0) is 19.9 Å². The second-order valence-electron chi connectivity index (χ2n) is 5.21. The van der Waals surface area contributed by atoms with Gasteiger partial charge in [0, 0.05) is 25.1 Å². The first-order chi connectivity index (χ1) is 10.2. The van der Waals surface area contributed by atoms with Crippen LogP contribution in [0.15, 0.2) is 42.6 Å². The standard InChI is InChI=1S/C17H19N3O/c1-3-12-7-6-10-18-17(12)16(21)11-14-13-8-4-5-9-15(13)20(2)19-14/h4-10,16,21H,3,11H2,1-2H3. The number of benzene rings is 1. The molecule has 3 aromatic rings. The van der Waals surface area contributed by atoms with Crippen molar-refractivity contribution in [2.45, 2.75) is 25.9 Å². The minimum Gasteiger partial charge on any atom is -0.386 e. The number of aromatic nitrogens is 3. The predicted octanol–water partition coefficient (Wildman–Crippen LogP) is 2.81. The Morgan fingerprint density at radius 1 is 1.19 bits per heavy atom. The Labute approximate surface area is 124 Å². The van der Waals surface area contributed by atoms with Crippen molar-refractivity contribution in [3.63, 3.8) is 0 Å². The number of rotatable bonds is 4. The largest absolute Gasteiger partial charge is 0.386 e. The Morgan fingerprint density at radius 3 is 2.81 bits per heavy atom. The molecule has 4 nitrogen and oxygen atoms in total. The molecular formula is C17H19N3O. The Morgan fingerprint density at radius 2 is 2.00 bits per heavy atom. The fraction of sp³-hybridized carbons (Fsp3) is 0.294. The number of para-hydroxylation sites is 1. The molecule has 0 radical (unpaired) electrons. The van der Waals surface area contributed by atoms with Gasteiger partial charge in [0.15, 0.2) is 0 Å². The van der Waals surface area contributed by atoms with Crippen molar-refractivity contribution in [3.05, 3.63) is 59.5 Å². The molecule has 21 heavy (non-hydrogen) atoms. The molecular weight excluding hydrogens is 262 g/mol. The van der Waals surface area contributed by atoms with Crippen molar-refractivity contribution in [1.29, 1.82) is 0 Å². The van der Waals surface area contributed by atoms with E-state index in [0.717, 1.165) is 34.3 Å². The summed E-state index contributed by atoms with van der Waals surface area (Å²) in [6.45, 7) is 2.07. The van der Waals surface area contributed by atoms with Crippen molar-refractivity contribution in [2.75, 3.05) is 0 Å². The summed E-state index contributed by atoms with van der Waals surface area (Å²) in [5.41, 5.74) is 3.84. The second-order valence-corrected chi connectivity index (χ2v) is 5.21. The lowest BCUT2D eigenvalue weighted by atomic mass is 10.0. The quantitative estimate of drug-likeness (QED) is 0.800. The third-order valence-electron chi connectivity index (χ3n) is 3.84. The van der Waals surface area contributed by atoms with E-state index in [4.69, 9.17) is 0 Å². The zero-order valence-electron chi connectivity index (χ0n) is 12.3. The van der Waals surface area contributed by atoms with Crippen LogP contribution < -0.4 is 0 Å². The number of nitrogens with zero attached hydrogens (tertiary/aromatic N) is 3. The summed E-state index contributed by atoms with van der Waals surface area (Å²) in [7, 11) is 1.93. The van der Waals surface area contributed by atoms with Gasteiger partial charge in [-0.15, -0.1) is 0 Å². The molecule has 0 saturated carbocycles. The van der Waals surface area contributed by atoms with Crippen LogP contribution in [0.5, 0.6) is 0 Å². The zero-order valence-corrected chi connectivity index (χ0v) is 12.3. The summed E-state index contributed by atoms with van der Waals surface area (Å²) in [6.07, 6.45) is 2.45. The molecule has 3 rings (SSSR count). The van der Waals surface area contributed by atoms with E-state index in [2.05, 4.69) is 17.0 Å². The lowest BCUT2D eigenvalue weighted by Gasteiger charge is -2.12. The number of aryl methyl sites for hydroxylation is 2. The molecule has 2 aromatic heterocycles. The Balaban J connectivity index is 1.95. The Bertz CT molecular complexity index is 764. The molecule has 4 heteroatoms. The van der Waals surface area contributed by atoms with E-state index in [9.17, 15) is 5.11 Å². The summed E-state index contributed by atoms with van der Waals surface area (Å²) < 4.78 is 1.86. The topological polar surface area (TPSA) is 50.9 Å². The lowest BCUT2D eigenvalue weighted by Crippen LogP contribution is -2.08. The molecule has 1 aromatic carbocycles. The fourth-order valence-corrected chi connectivity index (χ4v) is 2.77. The van der Waals surface area contributed by atoms with Crippen LogP contribution in [0.1, 0.15) is 30.0 Å². The van der Waals surface area contributed by atoms with E-state index < -0.39 is 6.10 Å². The van der Waals surface area contributed by atoms with Gasteiger partial charge in [-0.2, -0.15) is 5.10 Å². The second kappa shape index (κ2) is 5.66. The third kappa shape index (κ3) is 2.54. The molecule has 2 heterocycles. The van der Waals surface area contributed by atoms with Crippen molar-refractivity contribution in [1.82, 2.24) is 14.8 Å². The molecule has 0 bridgehead atoms. The maximum absolute atomic E-state index is 10.5. The van der Waals surface area contributed by atoms with Gasteiger partial charge in [0.25, 0.3) is 0 Å². The number of pyridine rings is 1. The van der Waals surface area contributed by atoms with Gasteiger partial charge in [-0.3, -0.25) is 9.67 Å². The highest BCUT2D eigenvalue weighted by Crippen LogP contribution is 2.24. The van der Waals surface area contributed by atoms with Gasteiger partial charge in [-0.1, -0.05) is 31.2 Å². The molecule has 0 aliphatic rings. The van der Waals surface area contributed by atoms with Gasteiger partial charge in [0.2, 0.25) is 0 Å². The first kappa shape index (κ1) is 13.8. The van der Waals surface area contributed by atoms with Gasteiger partial charge in [-0.25, -0.2) is 0 Å². The summed E-state index contributed by atoms with van der Waals surface area (Å²) in [4.78, 5) is 4.35. The molecule has 0 amide bonds. The fourth-order valence-electron chi connectivity index (χ4n) is 2.77. The first-order valence-electron chi connectivity index (χ1n) is 7.23. The third-order valence-corrected chi connectivity index (χ3v) is 3.84. The highest BCUT2D eigenvalue weighted by atomic mass is 16.3. The van der Waals surface area contributed by atoms with E-state index in [0.29, 0.717) is 6.42 Å². The number of fused-ring (bicyclic) bond motifs is 1. The van der Waals surface area contributed by atoms with Gasteiger partial charge in [-0.05, 0) is 24.1 Å². The monoisotopic (exact) mass is 281 g/mol. The highest BCUT2D eigenvalue weighted by Gasteiger charge is 2.17. The molecule has 1 N–H and O–H groups in total. The average Bonchev–Trinajstić information content (AvgIpc) is 2.84. The number of aliphatic hydroxyl groups is 1. The van der Waals surface area contributed by atoms with E-state index in [1.807, 2.05) is 48.1 Å². The van der Waals surface area contributed by atoms with E-state index in [1.165, 1.54) is 0 Å². The number of hydrogen-bond donors (Lipinski definition) is 1. The van der Waals surface area contributed by atoms with Crippen LogP contribution in [0.3, 0.4) is 0 Å². The maximum atomic E-state index is 10.5. The summed E-state index contributed by atoms with van der Waals surface area (Å²) >= 11 is 0. The molecule has 0 spiro atoms. The summed E-state index contributed by atoms with van der Waals surface area (Å²) in [5.74, 6) is 0. The normalized spacial score (nSPS) is 12.7. The van der Waals surface area contributed by atoms with Crippen molar-refractivity contribution in [3.8, 4) is 0 Å². The van der Waals surface area contributed by atoms with Crippen LogP contribution in [0.2, 0.25) is 0 Å². The molecule has 0 saturated heterocycles. The minimum atomic E-state index is -0.626. The SMILES string of the molecule is CCc1cccnc1C(O)Cc1nn(C)c2ccccc12. The highest BCUT2D eigenvalue weighted by molar-refractivity contribution is 5.81. The smallest absolute Gasteiger partial charge is 0.102 e. The Hall–Kier alpha value is -2.20. The molecule has 0 aliphatic heterocycles. The average molecular weight is 281 g/mol. The van der Waals surface area contributed by atoms with Gasteiger partial charge < -0.3 is 5.11 Å². The molecule has 0 fully saturated rings. The van der Waals surface area contributed by atoms with Crippen LogP contribution >= 0.6 is 0 Å². The van der Waals surface area contributed by atoms with E-state index in [1.54, 1.807) is 6.20 Å². The van der Waals surface area contributed by atoms with Crippen LogP contribution in [0.25, 0.3) is 10.9 Å². The van der Waals surface area contributed by atoms with Crippen molar-refractivity contribution in [2.24, 2.45) is 7.05 Å². The molecule has 108 valence electrons. The molecule has 1 unspecified atom stereocenters. The summed E-state index contributed by atoms with van der Waals surface area (Å²) in [5, 5.41) is 16.2. The minimum absolute atomic E-state index is 0.478. The zero-order chi connectivity index (χ0) is 14.8. The predicted molar refractivity (Wildman–Crippen MR) is 83.0 cm³/mol. The molecule has 1 atom stereocenters. The van der Waals surface area contributed by atoms with Crippen LogP contribution in [0.4, 0.5) is 0 Å². The van der Waals surface area contributed by atoms with E-state index in [-0.39, 0.29) is 0 Å².